The van der Waals surface area contributed by atoms with Gasteiger partial charge in [-0.15, -0.1) is 0 Å². The minimum absolute atomic E-state index is 0.143. The standard InChI is InChI=1S/C18H13BrF4N2O/c1-8-15(18(26)16-13(22)6-10(21)7-14(16)23)17(25(2)24-8)11-4-3-9(20)5-12(11)19/h3-7,18,26H,1-2H3. The van der Waals surface area contributed by atoms with E-state index >= 15 is 0 Å². The number of halogens is 5. The number of hydrogen-bond donors (Lipinski definition) is 1. The van der Waals surface area contributed by atoms with Crippen molar-refractivity contribution in [3.63, 3.8) is 0 Å². The Morgan fingerprint density at radius 1 is 1.00 bits per heavy atom. The van der Waals surface area contributed by atoms with Gasteiger partial charge in [0.2, 0.25) is 0 Å². The number of aliphatic hydroxyl groups excluding tert-OH is 1. The number of hydrogen-bond acceptors (Lipinski definition) is 2. The second kappa shape index (κ2) is 6.85. The third-order valence-corrected chi connectivity index (χ3v) is 4.70. The zero-order valence-corrected chi connectivity index (χ0v) is 15.3. The molecule has 1 heterocycles. The van der Waals surface area contributed by atoms with Crippen molar-refractivity contribution in [2.24, 2.45) is 7.05 Å². The molecule has 0 aliphatic carbocycles. The van der Waals surface area contributed by atoms with Gasteiger partial charge in [0.15, 0.2) is 0 Å². The number of benzene rings is 2. The van der Waals surface area contributed by atoms with Gasteiger partial charge in [-0.3, -0.25) is 4.68 Å². The van der Waals surface area contributed by atoms with Crippen LogP contribution in [0.1, 0.15) is 22.9 Å². The first kappa shape index (κ1) is 18.6. The van der Waals surface area contributed by atoms with Crippen LogP contribution in [0.2, 0.25) is 0 Å². The Morgan fingerprint density at radius 3 is 2.19 bits per heavy atom. The van der Waals surface area contributed by atoms with Gasteiger partial charge in [0.25, 0.3) is 0 Å². The van der Waals surface area contributed by atoms with Gasteiger partial charge < -0.3 is 5.11 Å². The fourth-order valence-corrected chi connectivity index (χ4v) is 3.50. The van der Waals surface area contributed by atoms with Gasteiger partial charge in [-0.2, -0.15) is 5.10 Å². The smallest absolute Gasteiger partial charge is 0.135 e. The monoisotopic (exact) mass is 428 g/mol. The molecule has 0 spiro atoms. The summed E-state index contributed by atoms with van der Waals surface area (Å²) in [6, 6.07) is 4.91. The Kier molecular flexibility index (Phi) is 4.90. The summed E-state index contributed by atoms with van der Waals surface area (Å²) >= 11 is 3.24. The van der Waals surface area contributed by atoms with Crippen molar-refractivity contribution in [3.8, 4) is 11.3 Å². The summed E-state index contributed by atoms with van der Waals surface area (Å²) in [5.74, 6) is -3.97. The molecule has 1 aromatic heterocycles. The van der Waals surface area contributed by atoms with Gasteiger partial charge in [0, 0.05) is 34.8 Å². The first-order valence-corrected chi connectivity index (χ1v) is 8.31. The molecule has 0 aliphatic heterocycles. The summed E-state index contributed by atoms with van der Waals surface area (Å²) in [5.41, 5.74) is 0.622. The SMILES string of the molecule is Cc1nn(C)c(-c2ccc(F)cc2Br)c1C(O)c1c(F)cc(F)cc1F. The Bertz CT molecular complexity index is 980. The molecule has 2 aromatic carbocycles. The number of aromatic nitrogens is 2. The van der Waals surface area contributed by atoms with Crippen LogP contribution in [-0.4, -0.2) is 14.9 Å². The first-order valence-electron chi connectivity index (χ1n) is 7.52. The van der Waals surface area contributed by atoms with Gasteiger partial charge in [-0.25, -0.2) is 17.6 Å². The lowest BCUT2D eigenvalue weighted by molar-refractivity contribution is 0.208. The van der Waals surface area contributed by atoms with Crippen LogP contribution in [0.25, 0.3) is 11.3 Å². The van der Waals surface area contributed by atoms with E-state index in [1.54, 1.807) is 14.0 Å². The third-order valence-electron chi connectivity index (χ3n) is 4.05. The average Bonchev–Trinajstić information content (AvgIpc) is 2.80. The Labute approximate surface area is 155 Å². The van der Waals surface area contributed by atoms with Crippen LogP contribution in [0.3, 0.4) is 0 Å². The second-order valence-electron chi connectivity index (χ2n) is 5.78. The average molecular weight is 429 g/mol. The lowest BCUT2D eigenvalue weighted by Crippen LogP contribution is -2.09. The molecule has 3 nitrogen and oxygen atoms in total. The summed E-state index contributed by atoms with van der Waals surface area (Å²) in [6.07, 6.45) is -1.73. The minimum atomic E-state index is -1.73. The van der Waals surface area contributed by atoms with Crippen LogP contribution in [0.4, 0.5) is 17.6 Å². The van der Waals surface area contributed by atoms with Gasteiger partial charge in [-0.05, 0) is 41.1 Å². The topological polar surface area (TPSA) is 38.0 Å². The Morgan fingerprint density at radius 2 is 1.62 bits per heavy atom. The largest absolute Gasteiger partial charge is 0.383 e. The fraction of sp³-hybridized carbons (Fsp3) is 0.167. The summed E-state index contributed by atoms with van der Waals surface area (Å²) in [6.45, 7) is 1.57. The van der Waals surface area contributed by atoms with Crippen molar-refractivity contribution >= 4 is 15.9 Å². The summed E-state index contributed by atoms with van der Waals surface area (Å²) < 4.78 is 56.6. The van der Waals surface area contributed by atoms with E-state index in [0.29, 0.717) is 33.6 Å². The molecule has 1 N–H and O–H groups in total. The number of aliphatic hydroxyl groups is 1. The molecule has 3 aromatic rings. The molecule has 0 aliphatic rings. The highest BCUT2D eigenvalue weighted by Crippen LogP contribution is 2.38. The van der Waals surface area contributed by atoms with Crippen LogP contribution in [0.15, 0.2) is 34.8 Å². The van der Waals surface area contributed by atoms with E-state index in [1.807, 2.05) is 0 Å². The molecule has 1 unspecified atom stereocenters. The van der Waals surface area contributed by atoms with E-state index in [1.165, 1.54) is 22.9 Å². The van der Waals surface area contributed by atoms with Crippen LogP contribution >= 0.6 is 15.9 Å². The highest BCUT2D eigenvalue weighted by molar-refractivity contribution is 9.10. The Hall–Kier alpha value is -2.19. The molecule has 26 heavy (non-hydrogen) atoms. The summed E-state index contributed by atoms with van der Waals surface area (Å²) in [5, 5.41) is 14.9. The van der Waals surface area contributed by atoms with Crippen molar-refractivity contribution in [3.05, 3.63) is 74.9 Å². The molecule has 0 radical (unpaired) electrons. The highest BCUT2D eigenvalue weighted by Gasteiger charge is 2.29. The van der Waals surface area contributed by atoms with Crippen LogP contribution in [0.5, 0.6) is 0 Å². The zero-order valence-electron chi connectivity index (χ0n) is 13.7. The normalized spacial score (nSPS) is 12.5. The van der Waals surface area contributed by atoms with E-state index in [9.17, 15) is 22.7 Å². The molecular weight excluding hydrogens is 416 g/mol. The predicted octanol–water partition coefficient (Wildman–Crippen LogP) is 4.80. The van der Waals surface area contributed by atoms with Crippen molar-refractivity contribution in [2.75, 3.05) is 0 Å². The van der Waals surface area contributed by atoms with Gasteiger partial charge in [-0.1, -0.05) is 0 Å². The van der Waals surface area contributed by atoms with Crippen LogP contribution in [0, 0.1) is 30.2 Å². The fourth-order valence-electron chi connectivity index (χ4n) is 2.96. The van der Waals surface area contributed by atoms with E-state index < -0.39 is 34.9 Å². The highest BCUT2D eigenvalue weighted by atomic mass is 79.9. The second-order valence-corrected chi connectivity index (χ2v) is 6.64. The minimum Gasteiger partial charge on any atom is -0.383 e. The van der Waals surface area contributed by atoms with Crippen molar-refractivity contribution in [1.82, 2.24) is 9.78 Å². The molecule has 0 bridgehead atoms. The first-order chi connectivity index (χ1) is 12.2. The molecule has 136 valence electrons. The molecule has 3 rings (SSSR count). The number of nitrogens with zero attached hydrogens (tertiary/aromatic N) is 2. The number of aryl methyl sites for hydroxylation is 2. The van der Waals surface area contributed by atoms with Gasteiger partial charge in [0.1, 0.15) is 29.4 Å². The molecule has 0 saturated heterocycles. The molecule has 0 amide bonds. The summed E-state index contributed by atoms with van der Waals surface area (Å²) in [7, 11) is 1.59. The van der Waals surface area contributed by atoms with Crippen LogP contribution in [-0.2, 0) is 7.05 Å². The number of rotatable bonds is 3. The quantitative estimate of drug-likeness (QED) is 0.608. The molecule has 1 atom stereocenters. The maximum atomic E-state index is 14.1. The maximum Gasteiger partial charge on any atom is 0.135 e. The van der Waals surface area contributed by atoms with Gasteiger partial charge >= 0.3 is 0 Å². The van der Waals surface area contributed by atoms with Crippen molar-refractivity contribution < 1.29 is 22.7 Å². The van der Waals surface area contributed by atoms with E-state index in [0.717, 1.165) is 0 Å². The lowest BCUT2D eigenvalue weighted by atomic mass is 9.95. The predicted molar refractivity (Wildman–Crippen MR) is 91.4 cm³/mol. The van der Waals surface area contributed by atoms with E-state index in [-0.39, 0.29) is 5.56 Å². The zero-order chi connectivity index (χ0) is 19.2. The molecule has 0 fully saturated rings. The van der Waals surface area contributed by atoms with Crippen molar-refractivity contribution in [2.45, 2.75) is 13.0 Å². The molecule has 0 saturated carbocycles. The molecular formula is C18H13BrF4N2O. The van der Waals surface area contributed by atoms with Crippen LogP contribution < -0.4 is 0 Å². The van der Waals surface area contributed by atoms with E-state index in [4.69, 9.17) is 0 Å². The molecule has 8 heteroatoms. The van der Waals surface area contributed by atoms with E-state index in [2.05, 4.69) is 21.0 Å². The maximum absolute atomic E-state index is 14.1. The lowest BCUT2D eigenvalue weighted by Gasteiger charge is -2.16. The summed E-state index contributed by atoms with van der Waals surface area (Å²) in [4.78, 5) is 0. The third kappa shape index (κ3) is 3.14. The Balaban J connectivity index is 2.24. The van der Waals surface area contributed by atoms with Crippen molar-refractivity contribution in [1.29, 1.82) is 0 Å². The van der Waals surface area contributed by atoms with Gasteiger partial charge in [0.05, 0.1) is 17.0 Å².